The minimum absolute atomic E-state index is 0.171. The average molecular weight is 439 g/mol. The molecule has 0 spiro atoms. The second-order valence-corrected chi connectivity index (χ2v) is 6.83. The monoisotopic (exact) mass is 439 g/mol. The maximum absolute atomic E-state index is 12.3. The predicted molar refractivity (Wildman–Crippen MR) is 112 cm³/mol. The Balaban J connectivity index is 1.57. The largest absolute Gasteiger partial charge is 0.573 e. The summed E-state index contributed by atoms with van der Waals surface area (Å²) in [5.41, 5.74) is 2.65. The van der Waals surface area contributed by atoms with Crippen LogP contribution in [0.4, 0.5) is 13.2 Å². The van der Waals surface area contributed by atoms with E-state index in [4.69, 9.17) is 4.52 Å². The van der Waals surface area contributed by atoms with E-state index >= 15 is 0 Å². The second kappa shape index (κ2) is 8.54. The standard InChI is InChI=1S/C23H16F3N3O3/c1-2-15-4-3-5-16(12-15)13-29-14-18(8-11-20(29)30)22-27-21(28-32-22)17-6-9-19(10-7-17)31-23(24,25)26/h2-12,14H,1,13H2. The van der Waals surface area contributed by atoms with Crippen LogP contribution in [0.25, 0.3) is 28.9 Å². The number of alkyl halides is 3. The van der Waals surface area contributed by atoms with Gasteiger partial charge in [-0.15, -0.1) is 13.2 Å². The van der Waals surface area contributed by atoms with Crippen LogP contribution in [-0.2, 0) is 6.54 Å². The molecule has 0 atom stereocenters. The minimum atomic E-state index is -4.77. The molecule has 0 amide bonds. The number of ether oxygens (including phenoxy) is 1. The number of hydrogen-bond donors (Lipinski definition) is 0. The summed E-state index contributed by atoms with van der Waals surface area (Å²) in [6.45, 7) is 4.09. The van der Waals surface area contributed by atoms with Crippen molar-refractivity contribution >= 4 is 6.08 Å². The Bertz CT molecular complexity index is 1310. The van der Waals surface area contributed by atoms with Gasteiger partial charge < -0.3 is 13.8 Å². The Morgan fingerprint density at radius 1 is 1.06 bits per heavy atom. The number of halogens is 3. The van der Waals surface area contributed by atoms with E-state index in [2.05, 4.69) is 21.5 Å². The molecule has 0 bridgehead atoms. The first-order valence-corrected chi connectivity index (χ1v) is 9.43. The Morgan fingerprint density at radius 3 is 2.53 bits per heavy atom. The van der Waals surface area contributed by atoms with Crippen molar-refractivity contribution < 1.29 is 22.4 Å². The van der Waals surface area contributed by atoms with E-state index in [1.54, 1.807) is 18.3 Å². The molecule has 0 fully saturated rings. The summed E-state index contributed by atoms with van der Waals surface area (Å²) < 4.78 is 47.6. The Labute approximate surface area is 180 Å². The molecule has 0 radical (unpaired) electrons. The van der Waals surface area contributed by atoms with Crippen molar-refractivity contribution in [1.82, 2.24) is 14.7 Å². The fraction of sp³-hybridized carbons (Fsp3) is 0.0870. The lowest BCUT2D eigenvalue weighted by molar-refractivity contribution is -0.274. The molecule has 0 saturated heterocycles. The molecule has 2 aromatic carbocycles. The van der Waals surface area contributed by atoms with Gasteiger partial charge in [-0.25, -0.2) is 0 Å². The highest BCUT2D eigenvalue weighted by Gasteiger charge is 2.31. The summed E-state index contributed by atoms with van der Waals surface area (Å²) in [6, 6.07) is 15.7. The van der Waals surface area contributed by atoms with Gasteiger partial charge in [-0.3, -0.25) is 4.79 Å². The zero-order valence-corrected chi connectivity index (χ0v) is 16.5. The van der Waals surface area contributed by atoms with Crippen molar-refractivity contribution in [3.63, 3.8) is 0 Å². The number of aromatic nitrogens is 3. The van der Waals surface area contributed by atoms with Crippen molar-refractivity contribution in [2.24, 2.45) is 0 Å². The molecule has 0 aliphatic carbocycles. The van der Waals surface area contributed by atoms with Crippen molar-refractivity contribution in [1.29, 1.82) is 0 Å². The highest BCUT2D eigenvalue weighted by atomic mass is 19.4. The van der Waals surface area contributed by atoms with Crippen LogP contribution in [0.1, 0.15) is 11.1 Å². The number of nitrogens with zero attached hydrogens (tertiary/aromatic N) is 3. The number of pyridine rings is 1. The highest BCUT2D eigenvalue weighted by molar-refractivity contribution is 5.60. The Morgan fingerprint density at radius 2 is 1.81 bits per heavy atom. The topological polar surface area (TPSA) is 70.2 Å². The van der Waals surface area contributed by atoms with Crippen molar-refractivity contribution in [3.05, 3.63) is 94.9 Å². The molecular formula is C23H16F3N3O3. The molecule has 0 N–H and O–H groups in total. The van der Waals surface area contributed by atoms with Gasteiger partial charge in [0, 0.05) is 17.8 Å². The van der Waals surface area contributed by atoms with Gasteiger partial charge in [0.15, 0.2) is 0 Å². The maximum atomic E-state index is 12.3. The van der Waals surface area contributed by atoms with Crippen LogP contribution < -0.4 is 10.3 Å². The van der Waals surface area contributed by atoms with Gasteiger partial charge in [-0.2, -0.15) is 4.98 Å². The quantitative estimate of drug-likeness (QED) is 0.415. The van der Waals surface area contributed by atoms with E-state index < -0.39 is 6.36 Å². The van der Waals surface area contributed by atoms with Crippen LogP contribution in [0.3, 0.4) is 0 Å². The summed E-state index contributed by atoms with van der Waals surface area (Å²) in [5.74, 6) is 0.0109. The van der Waals surface area contributed by atoms with E-state index in [1.165, 1.54) is 22.8 Å². The lowest BCUT2D eigenvalue weighted by Crippen LogP contribution is -2.19. The fourth-order valence-electron chi connectivity index (χ4n) is 3.06. The van der Waals surface area contributed by atoms with Gasteiger partial charge in [0.1, 0.15) is 5.75 Å². The van der Waals surface area contributed by atoms with Crippen molar-refractivity contribution in [2.75, 3.05) is 0 Å². The first kappa shape index (κ1) is 21.1. The van der Waals surface area contributed by atoms with E-state index in [0.29, 0.717) is 17.7 Å². The van der Waals surface area contributed by atoms with Crippen LogP contribution in [-0.4, -0.2) is 21.1 Å². The van der Waals surface area contributed by atoms with Gasteiger partial charge in [-0.1, -0.05) is 36.0 Å². The van der Waals surface area contributed by atoms with Crippen LogP contribution >= 0.6 is 0 Å². The van der Waals surface area contributed by atoms with Gasteiger partial charge in [0.05, 0.1) is 12.1 Å². The number of benzene rings is 2. The molecule has 162 valence electrons. The molecule has 0 aliphatic rings. The molecule has 0 saturated carbocycles. The third-order valence-electron chi connectivity index (χ3n) is 4.54. The van der Waals surface area contributed by atoms with Crippen LogP contribution in [0.5, 0.6) is 5.75 Å². The van der Waals surface area contributed by atoms with Gasteiger partial charge in [-0.05, 0) is 47.5 Å². The van der Waals surface area contributed by atoms with E-state index in [0.717, 1.165) is 23.3 Å². The highest BCUT2D eigenvalue weighted by Crippen LogP contribution is 2.26. The molecule has 0 unspecified atom stereocenters. The second-order valence-electron chi connectivity index (χ2n) is 6.83. The summed E-state index contributed by atoms with van der Waals surface area (Å²) in [6.07, 6.45) is -1.43. The van der Waals surface area contributed by atoms with Gasteiger partial charge >= 0.3 is 6.36 Å². The minimum Gasteiger partial charge on any atom is -0.406 e. The number of hydrogen-bond acceptors (Lipinski definition) is 5. The van der Waals surface area contributed by atoms with Crippen LogP contribution in [0, 0.1) is 0 Å². The first-order valence-electron chi connectivity index (χ1n) is 9.43. The molecule has 0 aliphatic heterocycles. The average Bonchev–Trinajstić information content (AvgIpc) is 3.25. The number of rotatable bonds is 6. The maximum Gasteiger partial charge on any atom is 0.573 e. The molecular weight excluding hydrogens is 423 g/mol. The lowest BCUT2D eigenvalue weighted by Gasteiger charge is -2.08. The van der Waals surface area contributed by atoms with Crippen LogP contribution in [0.15, 0.2) is 82.8 Å². The molecule has 9 heteroatoms. The molecule has 2 heterocycles. The Hall–Kier alpha value is -4.14. The van der Waals surface area contributed by atoms with Crippen molar-refractivity contribution in [3.8, 4) is 28.6 Å². The Kier molecular flexibility index (Phi) is 5.63. The summed E-state index contributed by atoms with van der Waals surface area (Å²) in [4.78, 5) is 16.6. The first-order chi connectivity index (χ1) is 15.3. The molecule has 4 aromatic rings. The van der Waals surface area contributed by atoms with Gasteiger partial charge in [0.25, 0.3) is 11.4 Å². The summed E-state index contributed by atoms with van der Waals surface area (Å²) >= 11 is 0. The SMILES string of the molecule is C=Cc1cccc(Cn2cc(-c3nc(-c4ccc(OC(F)(F)F)cc4)no3)ccc2=O)c1. The molecule has 4 rings (SSSR count). The van der Waals surface area contributed by atoms with Crippen molar-refractivity contribution in [2.45, 2.75) is 12.9 Å². The fourth-order valence-corrected chi connectivity index (χ4v) is 3.06. The van der Waals surface area contributed by atoms with E-state index in [-0.39, 0.29) is 23.0 Å². The molecule has 2 aromatic heterocycles. The summed E-state index contributed by atoms with van der Waals surface area (Å²) in [5, 5.41) is 3.88. The third kappa shape index (κ3) is 4.94. The zero-order chi connectivity index (χ0) is 22.7. The smallest absolute Gasteiger partial charge is 0.406 e. The van der Waals surface area contributed by atoms with Crippen LogP contribution in [0.2, 0.25) is 0 Å². The normalized spacial score (nSPS) is 11.3. The third-order valence-corrected chi connectivity index (χ3v) is 4.54. The van der Waals surface area contributed by atoms with E-state index in [9.17, 15) is 18.0 Å². The van der Waals surface area contributed by atoms with Gasteiger partial charge in [0.2, 0.25) is 5.82 Å². The lowest BCUT2D eigenvalue weighted by atomic mass is 10.1. The zero-order valence-electron chi connectivity index (χ0n) is 16.5. The van der Waals surface area contributed by atoms with E-state index in [1.807, 2.05) is 24.3 Å². The predicted octanol–water partition coefficient (Wildman–Crippen LogP) is 5.16. The molecule has 6 nitrogen and oxygen atoms in total. The summed E-state index contributed by atoms with van der Waals surface area (Å²) in [7, 11) is 0. The molecule has 32 heavy (non-hydrogen) atoms.